The van der Waals surface area contributed by atoms with Crippen LogP contribution in [0.4, 0.5) is 0 Å². The van der Waals surface area contributed by atoms with E-state index >= 15 is 0 Å². The van der Waals surface area contributed by atoms with Gasteiger partial charge in [0.05, 0.1) is 0 Å². The predicted molar refractivity (Wildman–Crippen MR) is 93.8 cm³/mol. The smallest absolute Gasteiger partial charge is 0.341 e. The number of carboxylic acid groups (broad SMARTS) is 1. The number of ether oxygens (including phenoxy) is 1. The van der Waals surface area contributed by atoms with Crippen molar-refractivity contribution in [1.29, 1.82) is 0 Å². The minimum absolute atomic E-state index is 0.0496. The van der Waals surface area contributed by atoms with E-state index in [4.69, 9.17) is 9.84 Å². The molecule has 1 amide bonds. The van der Waals surface area contributed by atoms with Crippen LogP contribution in [0.3, 0.4) is 0 Å². The molecule has 1 aromatic rings. The van der Waals surface area contributed by atoms with Crippen LogP contribution in [0.2, 0.25) is 0 Å². The van der Waals surface area contributed by atoms with E-state index in [0.29, 0.717) is 11.3 Å². The SMILES string of the molecule is O=C(O)COc1ccc(C(=O)N2CCC(C3CCNCC3)CC2)cc1. The maximum absolute atomic E-state index is 12.6. The highest BCUT2D eigenvalue weighted by molar-refractivity contribution is 5.94. The van der Waals surface area contributed by atoms with Gasteiger partial charge in [0.1, 0.15) is 5.75 Å². The Morgan fingerprint density at radius 1 is 1.04 bits per heavy atom. The van der Waals surface area contributed by atoms with Gasteiger partial charge in [-0.2, -0.15) is 0 Å². The number of piperidine rings is 2. The van der Waals surface area contributed by atoms with Gasteiger partial charge in [-0.3, -0.25) is 4.79 Å². The molecule has 6 nitrogen and oxygen atoms in total. The number of likely N-dealkylation sites (tertiary alicyclic amines) is 1. The molecule has 0 radical (unpaired) electrons. The first-order valence-corrected chi connectivity index (χ1v) is 9.08. The van der Waals surface area contributed by atoms with Gasteiger partial charge in [-0.1, -0.05) is 0 Å². The quantitative estimate of drug-likeness (QED) is 0.853. The molecule has 1 aromatic carbocycles. The van der Waals surface area contributed by atoms with Gasteiger partial charge >= 0.3 is 5.97 Å². The molecule has 0 atom stereocenters. The summed E-state index contributed by atoms with van der Waals surface area (Å²) in [5.41, 5.74) is 0.628. The lowest BCUT2D eigenvalue weighted by atomic mass is 9.79. The number of amides is 1. The van der Waals surface area contributed by atoms with Gasteiger partial charge in [0.15, 0.2) is 6.61 Å². The van der Waals surface area contributed by atoms with Crippen molar-refractivity contribution in [2.75, 3.05) is 32.8 Å². The first-order chi connectivity index (χ1) is 12.1. The molecule has 2 aliphatic rings. The van der Waals surface area contributed by atoms with E-state index in [1.165, 1.54) is 12.8 Å². The van der Waals surface area contributed by atoms with Crippen LogP contribution in [-0.2, 0) is 4.79 Å². The third-order valence-corrected chi connectivity index (χ3v) is 5.34. The minimum atomic E-state index is -1.02. The van der Waals surface area contributed by atoms with Crippen molar-refractivity contribution in [3.8, 4) is 5.75 Å². The molecular weight excluding hydrogens is 320 g/mol. The second kappa shape index (κ2) is 8.34. The second-order valence-corrected chi connectivity index (χ2v) is 6.92. The van der Waals surface area contributed by atoms with Crippen LogP contribution in [0.15, 0.2) is 24.3 Å². The molecule has 2 aliphatic heterocycles. The van der Waals surface area contributed by atoms with Crippen molar-refractivity contribution in [3.05, 3.63) is 29.8 Å². The van der Waals surface area contributed by atoms with Gasteiger partial charge in [-0.25, -0.2) is 4.79 Å². The highest BCUT2D eigenvalue weighted by Gasteiger charge is 2.29. The first kappa shape index (κ1) is 17.7. The number of nitrogens with zero attached hydrogens (tertiary/aromatic N) is 1. The molecule has 2 fully saturated rings. The molecule has 0 aliphatic carbocycles. The monoisotopic (exact) mass is 346 g/mol. The van der Waals surface area contributed by atoms with Crippen LogP contribution in [0.1, 0.15) is 36.0 Å². The molecule has 0 unspecified atom stereocenters. The Hall–Kier alpha value is -2.08. The van der Waals surface area contributed by atoms with Gasteiger partial charge in [-0.15, -0.1) is 0 Å². The highest BCUT2D eigenvalue weighted by atomic mass is 16.5. The number of carbonyl (C=O) groups excluding carboxylic acids is 1. The first-order valence-electron chi connectivity index (χ1n) is 9.08. The lowest BCUT2D eigenvalue weighted by molar-refractivity contribution is -0.139. The molecule has 3 rings (SSSR count). The Bertz CT molecular complexity index is 588. The lowest BCUT2D eigenvalue weighted by Crippen LogP contribution is -2.42. The predicted octanol–water partition coefficient (Wildman–Crippen LogP) is 2.00. The van der Waals surface area contributed by atoms with Crippen LogP contribution in [0, 0.1) is 11.8 Å². The average molecular weight is 346 g/mol. The fourth-order valence-corrected chi connectivity index (χ4v) is 3.91. The molecule has 0 spiro atoms. The number of carboxylic acids is 1. The zero-order chi connectivity index (χ0) is 17.6. The average Bonchev–Trinajstić information content (AvgIpc) is 2.67. The van der Waals surface area contributed by atoms with Crippen LogP contribution in [0.25, 0.3) is 0 Å². The third-order valence-electron chi connectivity index (χ3n) is 5.34. The summed E-state index contributed by atoms with van der Waals surface area (Å²) >= 11 is 0. The summed E-state index contributed by atoms with van der Waals surface area (Å²) in [4.78, 5) is 25.1. The fourth-order valence-electron chi connectivity index (χ4n) is 3.91. The van der Waals surface area contributed by atoms with E-state index in [0.717, 1.165) is 50.9 Å². The number of hydrogen-bond acceptors (Lipinski definition) is 4. The van der Waals surface area contributed by atoms with Crippen LogP contribution in [-0.4, -0.2) is 54.7 Å². The molecular formula is C19H26N2O4. The largest absolute Gasteiger partial charge is 0.482 e. The molecule has 2 heterocycles. The molecule has 0 bridgehead atoms. The fraction of sp³-hybridized carbons (Fsp3) is 0.579. The lowest BCUT2D eigenvalue weighted by Gasteiger charge is -2.37. The Kier molecular flexibility index (Phi) is 5.91. The summed E-state index contributed by atoms with van der Waals surface area (Å²) in [6, 6.07) is 6.72. The summed E-state index contributed by atoms with van der Waals surface area (Å²) in [6.07, 6.45) is 4.71. The number of aliphatic carboxylic acids is 1. The summed E-state index contributed by atoms with van der Waals surface area (Å²) in [7, 11) is 0. The summed E-state index contributed by atoms with van der Waals surface area (Å²) in [5, 5.41) is 12.0. The zero-order valence-electron chi connectivity index (χ0n) is 14.4. The van der Waals surface area contributed by atoms with Crippen molar-refractivity contribution >= 4 is 11.9 Å². The molecule has 25 heavy (non-hydrogen) atoms. The summed E-state index contributed by atoms with van der Waals surface area (Å²) in [6.45, 7) is 3.52. The van der Waals surface area contributed by atoms with Gasteiger partial charge in [0.25, 0.3) is 5.91 Å². The Labute approximate surface area is 148 Å². The van der Waals surface area contributed by atoms with E-state index in [1.807, 2.05) is 4.90 Å². The van der Waals surface area contributed by atoms with Crippen molar-refractivity contribution in [2.24, 2.45) is 11.8 Å². The molecule has 0 saturated carbocycles. The Morgan fingerprint density at radius 2 is 1.64 bits per heavy atom. The number of rotatable bonds is 5. The number of nitrogens with one attached hydrogen (secondary N) is 1. The topological polar surface area (TPSA) is 78.9 Å². The van der Waals surface area contributed by atoms with Crippen molar-refractivity contribution < 1.29 is 19.4 Å². The van der Waals surface area contributed by atoms with E-state index in [9.17, 15) is 9.59 Å². The summed E-state index contributed by atoms with van der Waals surface area (Å²) < 4.78 is 5.10. The van der Waals surface area contributed by atoms with E-state index in [2.05, 4.69) is 5.32 Å². The third kappa shape index (κ3) is 4.72. The van der Waals surface area contributed by atoms with Crippen LogP contribution < -0.4 is 10.1 Å². The maximum atomic E-state index is 12.6. The second-order valence-electron chi connectivity index (χ2n) is 6.92. The van der Waals surface area contributed by atoms with Gasteiger partial charge in [0, 0.05) is 18.7 Å². The molecule has 2 saturated heterocycles. The van der Waals surface area contributed by atoms with Crippen molar-refractivity contribution in [2.45, 2.75) is 25.7 Å². The highest BCUT2D eigenvalue weighted by Crippen LogP contribution is 2.31. The van der Waals surface area contributed by atoms with Crippen LogP contribution in [0.5, 0.6) is 5.75 Å². The minimum Gasteiger partial charge on any atom is -0.482 e. The Morgan fingerprint density at radius 3 is 2.24 bits per heavy atom. The van der Waals surface area contributed by atoms with Crippen LogP contribution >= 0.6 is 0 Å². The normalized spacial score (nSPS) is 19.6. The van der Waals surface area contributed by atoms with E-state index < -0.39 is 5.97 Å². The maximum Gasteiger partial charge on any atom is 0.341 e. The number of benzene rings is 1. The standard InChI is InChI=1S/C19H26N2O4/c22-18(23)13-25-17-3-1-16(2-4-17)19(24)21-11-7-15(8-12-21)14-5-9-20-10-6-14/h1-4,14-15,20H,5-13H2,(H,22,23). The molecule has 6 heteroatoms. The van der Waals surface area contributed by atoms with E-state index in [-0.39, 0.29) is 12.5 Å². The van der Waals surface area contributed by atoms with Crippen molar-refractivity contribution in [3.63, 3.8) is 0 Å². The molecule has 136 valence electrons. The van der Waals surface area contributed by atoms with E-state index in [1.54, 1.807) is 24.3 Å². The summed E-state index contributed by atoms with van der Waals surface area (Å²) in [5.74, 6) is 1.05. The number of hydrogen-bond donors (Lipinski definition) is 2. The van der Waals surface area contributed by atoms with Gasteiger partial charge in [-0.05, 0) is 74.9 Å². The van der Waals surface area contributed by atoms with Gasteiger partial charge in [0.2, 0.25) is 0 Å². The van der Waals surface area contributed by atoms with Crippen molar-refractivity contribution in [1.82, 2.24) is 10.2 Å². The number of carbonyl (C=O) groups is 2. The zero-order valence-corrected chi connectivity index (χ0v) is 14.4. The molecule has 2 N–H and O–H groups in total. The Balaban J connectivity index is 1.51. The molecule has 0 aromatic heterocycles. The van der Waals surface area contributed by atoms with Gasteiger partial charge < -0.3 is 20.1 Å².